The number of rotatable bonds is 10. The van der Waals surface area contributed by atoms with Crippen molar-refractivity contribution < 1.29 is 9.47 Å². The van der Waals surface area contributed by atoms with Crippen molar-refractivity contribution in [2.75, 3.05) is 59.7 Å². The number of hydrogen-bond acceptors (Lipinski definition) is 4. The summed E-state index contributed by atoms with van der Waals surface area (Å²) in [6.45, 7) is 11.7. The minimum Gasteiger partial charge on any atom is -0.379 e. The Hall–Kier alpha value is -0.850. The maximum absolute atomic E-state index is 5.66. The largest absolute Gasteiger partial charge is 0.379 e. The van der Waals surface area contributed by atoms with Crippen molar-refractivity contribution in [2.45, 2.75) is 39.2 Å². The highest BCUT2D eigenvalue weighted by Crippen LogP contribution is 2.28. The van der Waals surface area contributed by atoms with Gasteiger partial charge >= 0.3 is 0 Å². The van der Waals surface area contributed by atoms with Crippen LogP contribution in [0.3, 0.4) is 0 Å². The first-order chi connectivity index (χ1) is 11.7. The number of hydrogen-bond donors (Lipinski definition) is 2. The van der Waals surface area contributed by atoms with Crippen molar-refractivity contribution in [3.8, 4) is 0 Å². The lowest BCUT2D eigenvalue weighted by atomic mass is 10.0. The second-order valence-electron chi connectivity index (χ2n) is 7.33. The van der Waals surface area contributed by atoms with Crippen molar-refractivity contribution in [3.05, 3.63) is 0 Å². The fourth-order valence-electron chi connectivity index (χ4n) is 3.06. The van der Waals surface area contributed by atoms with Gasteiger partial charge in [-0.25, -0.2) is 0 Å². The van der Waals surface area contributed by atoms with Crippen molar-refractivity contribution >= 4 is 5.96 Å². The highest BCUT2D eigenvalue weighted by molar-refractivity contribution is 5.79. The predicted octanol–water partition coefficient (Wildman–Crippen LogP) is 1.32. The Labute approximate surface area is 147 Å². The van der Waals surface area contributed by atoms with Gasteiger partial charge in [-0.1, -0.05) is 13.8 Å². The smallest absolute Gasteiger partial charge is 0.191 e. The first-order valence-corrected chi connectivity index (χ1v) is 9.53. The first-order valence-electron chi connectivity index (χ1n) is 9.53. The molecule has 0 aromatic heterocycles. The maximum Gasteiger partial charge on any atom is 0.191 e. The maximum atomic E-state index is 5.66. The number of guanidine groups is 1. The molecule has 0 radical (unpaired) electrons. The summed E-state index contributed by atoms with van der Waals surface area (Å²) in [5.41, 5.74) is 0. The third kappa shape index (κ3) is 7.81. The zero-order chi connectivity index (χ0) is 17.2. The van der Waals surface area contributed by atoms with Gasteiger partial charge in [0.05, 0.1) is 19.8 Å². The predicted molar refractivity (Wildman–Crippen MR) is 98.5 cm³/mol. The molecular weight excluding hydrogens is 304 g/mol. The van der Waals surface area contributed by atoms with Crippen LogP contribution < -0.4 is 10.6 Å². The summed E-state index contributed by atoms with van der Waals surface area (Å²) in [6.07, 6.45) is 3.87. The highest BCUT2D eigenvalue weighted by Gasteiger charge is 2.22. The van der Waals surface area contributed by atoms with E-state index >= 15 is 0 Å². The van der Waals surface area contributed by atoms with Gasteiger partial charge in [0.25, 0.3) is 0 Å². The fraction of sp³-hybridized carbons (Fsp3) is 0.944. The minimum absolute atomic E-state index is 0.526. The number of aliphatic imine (C=N–C) groups is 1. The average molecular weight is 341 g/mol. The fourth-order valence-corrected chi connectivity index (χ4v) is 3.06. The minimum atomic E-state index is 0.526. The van der Waals surface area contributed by atoms with E-state index in [0.717, 1.165) is 64.5 Å². The molecule has 0 aromatic carbocycles. The summed E-state index contributed by atoms with van der Waals surface area (Å²) in [7, 11) is 1.83. The van der Waals surface area contributed by atoms with Crippen LogP contribution in [0.2, 0.25) is 0 Å². The van der Waals surface area contributed by atoms with Crippen LogP contribution in [0.1, 0.15) is 33.1 Å². The molecule has 1 saturated heterocycles. The van der Waals surface area contributed by atoms with E-state index in [1.165, 1.54) is 19.3 Å². The molecule has 1 heterocycles. The Morgan fingerprint density at radius 2 is 2.00 bits per heavy atom. The molecule has 1 aliphatic heterocycles. The molecule has 0 spiro atoms. The molecule has 1 atom stereocenters. The molecule has 0 bridgehead atoms. The van der Waals surface area contributed by atoms with E-state index in [-0.39, 0.29) is 0 Å². The van der Waals surface area contributed by atoms with Gasteiger partial charge in [0, 0.05) is 45.9 Å². The van der Waals surface area contributed by atoms with Crippen LogP contribution in [-0.4, -0.2) is 76.6 Å². The second-order valence-corrected chi connectivity index (χ2v) is 7.33. The van der Waals surface area contributed by atoms with Crippen LogP contribution in [0.4, 0.5) is 0 Å². The third-order valence-electron chi connectivity index (χ3n) is 4.62. The van der Waals surface area contributed by atoms with Crippen LogP contribution in [0.15, 0.2) is 4.99 Å². The van der Waals surface area contributed by atoms with E-state index in [2.05, 4.69) is 34.4 Å². The standard InChI is InChI=1S/C18H36N4O2/c1-15(2)12-17(22-7-10-23-11-8-22)13-21-18(19-3)20-6-9-24-14-16-4-5-16/h15-17H,4-14H2,1-3H3,(H2,19,20,21). The molecule has 6 heteroatoms. The van der Waals surface area contributed by atoms with E-state index in [4.69, 9.17) is 9.47 Å². The number of nitrogens with zero attached hydrogens (tertiary/aromatic N) is 2. The van der Waals surface area contributed by atoms with E-state index in [0.29, 0.717) is 12.0 Å². The van der Waals surface area contributed by atoms with E-state index in [1.807, 2.05) is 7.05 Å². The van der Waals surface area contributed by atoms with Gasteiger partial charge in [0.15, 0.2) is 5.96 Å². The SMILES string of the molecule is CN=C(NCCOCC1CC1)NCC(CC(C)C)N1CCOCC1. The monoisotopic (exact) mass is 340 g/mol. The van der Waals surface area contributed by atoms with Gasteiger partial charge in [-0.2, -0.15) is 0 Å². The Morgan fingerprint density at radius 3 is 2.62 bits per heavy atom. The zero-order valence-electron chi connectivity index (χ0n) is 15.7. The van der Waals surface area contributed by atoms with E-state index < -0.39 is 0 Å². The molecule has 1 unspecified atom stereocenters. The molecule has 2 N–H and O–H groups in total. The first kappa shape index (κ1) is 19.5. The molecule has 6 nitrogen and oxygen atoms in total. The van der Waals surface area contributed by atoms with Crippen LogP contribution in [0.5, 0.6) is 0 Å². The molecule has 1 saturated carbocycles. The molecule has 2 rings (SSSR count). The molecule has 1 aliphatic carbocycles. The van der Waals surface area contributed by atoms with Gasteiger partial charge in [-0.05, 0) is 31.1 Å². The molecule has 140 valence electrons. The van der Waals surface area contributed by atoms with Gasteiger partial charge in [-0.3, -0.25) is 9.89 Å². The second kappa shape index (κ2) is 10.9. The Kier molecular flexibility index (Phi) is 8.84. The van der Waals surface area contributed by atoms with E-state index in [1.54, 1.807) is 0 Å². The Balaban J connectivity index is 1.66. The van der Waals surface area contributed by atoms with Crippen LogP contribution in [0, 0.1) is 11.8 Å². The normalized spacial score (nSPS) is 21.1. The number of morpholine rings is 1. The summed E-state index contributed by atoms with van der Waals surface area (Å²) >= 11 is 0. The van der Waals surface area contributed by atoms with Crippen molar-refractivity contribution in [2.24, 2.45) is 16.8 Å². The van der Waals surface area contributed by atoms with Crippen LogP contribution >= 0.6 is 0 Å². The summed E-state index contributed by atoms with van der Waals surface area (Å²) in [4.78, 5) is 6.87. The number of nitrogens with one attached hydrogen (secondary N) is 2. The summed E-state index contributed by atoms with van der Waals surface area (Å²) in [5.74, 6) is 2.38. The van der Waals surface area contributed by atoms with E-state index in [9.17, 15) is 0 Å². The van der Waals surface area contributed by atoms with Crippen molar-refractivity contribution in [1.82, 2.24) is 15.5 Å². The lowest BCUT2D eigenvalue weighted by molar-refractivity contribution is 0.0132. The highest BCUT2D eigenvalue weighted by atomic mass is 16.5. The van der Waals surface area contributed by atoms with Crippen molar-refractivity contribution in [3.63, 3.8) is 0 Å². The van der Waals surface area contributed by atoms with Gasteiger partial charge in [0.2, 0.25) is 0 Å². The quantitative estimate of drug-likeness (QED) is 0.357. The topological polar surface area (TPSA) is 58.1 Å². The summed E-state index contributed by atoms with van der Waals surface area (Å²) < 4.78 is 11.1. The van der Waals surface area contributed by atoms with Gasteiger partial charge in [-0.15, -0.1) is 0 Å². The summed E-state index contributed by atoms with van der Waals surface area (Å²) in [5, 5.41) is 6.83. The molecule has 2 fully saturated rings. The Morgan fingerprint density at radius 1 is 1.25 bits per heavy atom. The molecular formula is C18H36N4O2. The van der Waals surface area contributed by atoms with Gasteiger partial charge < -0.3 is 20.1 Å². The average Bonchev–Trinajstić information content (AvgIpc) is 3.41. The lowest BCUT2D eigenvalue weighted by Crippen LogP contribution is -2.51. The zero-order valence-corrected chi connectivity index (χ0v) is 15.7. The molecule has 24 heavy (non-hydrogen) atoms. The van der Waals surface area contributed by atoms with Crippen LogP contribution in [-0.2, 0) is 9.47 Å². The molecule has 0 aromatic rings. The number of ether oxygens (including phenoxy) is 2. The Bertz CT molecular complexity index is 366. The van der Waals surface area contributed by atoms with Crippen LogP contribution in [0.25, 0.3) is 0 Å². The molecule has 2 aliphatic rings. The summed E-state index contributed by atoms with van der Waals surface area (Å²) in [6, 6.07) is 0.526. The van der Waals surface area contributed by atoms with Crippen molar-refractivity contribution in [1.29, 1.82) is 0 Å². The van der Waals surface area contributed by atoms with Gasteiger partial charge in [0.1, 0.15) is 0 Å². The third-order valence-corrected chi connectivity index (χ3v) is 4.62. The molecule has 0 amide bonds. The lowest BCUT2D eigenvalue weighted by Gasteiger charge is -2.35.